The number of hydrogen-bond donors (Lipinski definition) is 1. The highest BCUT2D eigenvalue weighted by atomic mass is 32.2. The quantitative estimate of drug-likeness (QED) is 0.575. The Kier molecular flexibility index (Phi) is 6.28. The number of carbonyl (C=O) groups excluding carboxylic acids is 2. The van der Waals surface area contributed by atoms with E-state index in [0.717, 1.165) is 17.7 Å². The number of hydrogen-bond acceptors (Lipinski definition) is 6. The summed E-state index contributed by atoms with van der Waals surface area (Å²) in [6.45, 7) is 2.03. The number of nitro groups is 1. The Morgan fingerprint density at radius 1 is 1.24 bits per heavy atom. The lowest BCUT2D eigenvalue weighted by Crippen LogP contribution is -2.30. The van der Waals surface area contributed by atoms with Gasteiger partial charge in [-0.05, 0) is 24.1 Å². The molecule has 1 aliphatic heterocycles. The maximum absolute atomic E-state index is 12.6. The molecule has 2 aromatic carbocycles. The first-order chi connectivity index (χ1) is 13.9. The number of nitrogens with one attached hydrogen (secondary N) is 1. The Labute approximate surface area is 172 Å². The van der Waals surface area contributed by atoms with Gasteiger partial charge < -0.3 is 5.32 Å². The number of benzene rings is 2. The van der Waals surface area contributed by atoms with Crippen LogP contribution >= 0.6 is 11.8 Å². The maximum atomic E-state index is 12.6. The third-order valence-corrected chi connectivity index (χ3v) is 5.70. The molecule has 0 radical (unpaired) electrons. The minimum atomic E-state index is -0.629. The fourth-order valence-electron chi connectivity index (χ4n) is 2.93. The molecular weight excluding hydrogens is 392 g/mol. The Hall–Kier alpha value is -3.20. The second-order valence-corrected chi connectivity index (χ2v) is 7.58. The minimum absolute atomic E-state index is 0.103. The van der Waals surface area contributed by atoms with E-state index >= 15 is 0 Å². The topological polar surface area (TPSA) is 105 Å². The van der Waals surface area contributed by atoms with Gasteiger partial charge >= 0.3 is 0 Å². The van der Waals surface area contributed by atoms with Crippen LogP contribution in [0.4, 0.5) is 17.1 Å². The van der Waals surface area contributed by atoms with Crippen molar-refractivity contribution in [3.05, 3.63) is 64.2 Å². The summed E-state index contributed by atoms with van der Waals surface area (Å²) in [7, 11) is 1.63. The highest BCUT2D eigenvalue weighted by molar-refractivity contribution is 8.15. The molecule has 0 saturated carbocycles. The average molecular weight is 412 g/mol. The first-order valence-electron chi connectivity index (χ1n) is 9.04. The predicted molar refractivity (Wildman–Crippen MR) is 113 cm³/mol. The fourth-order valence-corrected chi connectivity index (χ4v) is 4.07. The third-order valence-electron chi connectivity index (χ3n) is 4.47. The lowest BCUT2D eigenvalue weighted by atomic mass is 10.1. The number of nitro benzene ring substituents is 1. The van der Waals surface area contributed by atoms with Crippen LogP contribution in [-0.4, -0.2) is 39.1 Å². The van der Waals surface area contributed by atoms with E-state index in [0.29, 0.717) is 5.17 Å². The van der Waals surface area contributed by atoms with Crippen LogP contribution in [0.5, 0.6) is 0 Å². The van der Waals surface area contributed by atoms with E-state index in [-0.39, 0.29) is 23.7 Å². The molecule has 9 heteroatoms. The van der Waals surface area contributed by atoms with E-state index in [1.54, 1.807) is 13.1 Å². The molecule has 1 aliphatic rings. The largest absolute Gasteiger partial charge is 0.320 e. The molecule has 1 saturated heterocycles. The summed E-state index contributed by atoms with van der Waals surface area (Å²) in [4.78, 5) is 41.5. The Bertz CT molecular complexity index is 992. The molecule has 1 N–H and O–H groups in total. The van der Waals surface area contributed by atoms with Gasteiger partial charge in [0, 0.05) is 19.5 Å². The average Bonchev–Trinajstić information content (AvgIpc) is 2.96. The molecule has 8 nitrogen and oxygen atoms in total. The number of anilines is 1. The summed E-state index contributed by atoms with van der Waals surface area (Å²) in [6.07, 6.45) is 0.714. The number of amides is 2. The number of carbonyl (C=O) groups is 2. The van der Waals surface area contributed by atoms with Crippen LogP contribution in [0, 0.1) is 10.1 Å². The molecule has 2 amide bonds. The summed E-state index contributed by atoms with van der Waals surface area (Å²) >= 11 is 1.22. The van der Waals surface area contributed by atoms with Crippen LogP contribution in [-0.2, 0) is 16.0 Å². The van der Waals surface area contributed by atoms with Gasteiger partial charge in [-0.15, -0.1) is 0 Å². The number of nitrogens with zero attached hydrogens (tertiary/aromatic N) is 3. The van der Waals surface area contributed by atoms with Gasteiger partial charge in [-0.1, -0.05) is 49.0 Å². The molecule has 0 aromatic heterocycles. The second-order valence-electron chi connectivity index (χ2n) is 6.41. The molecule has 1 atom stereocenters. The van der Waals surface area contributed by atoms with Crippen molar-refractivity contribution in [1.29, 1.82) is 0 Å². The van der Waals surface area contributed by atoms with Crippen LogP contribution in [0.25, 0.3) is 0 Å². The number of aryl methyl sites for hydroxylation is 1. The summed E-state index contributed by atoms with van der Waals surface area (Å²) < 4.78 is 0. The van der Waals surface area contributed by atoms with Gasteiger partial charge in [0.25, 0.3) is 5.69 Å². The van der Waals surface area contributed by atoms with Crippen LogP contribution in [0.15, 0.2) is 53.5 Å². The van der Waals surface area contributed by atoms with Crippen LogP contribution < -0.4 is 5.32 Å². The van der Waals surface area contributed by atoms with Crippen LogP contribution in [0.3, 0.4) is 0 Å². The van der Waals surface area contributed by atoms with Crippen molar-refractivity contribution in [3.8, 4) is 0 Å². The van der Waals surface area contributed by atoms with Gasteiger partial charge in [0.05, 0.1) is 10.6 Å². The molecule has 2 aromatic rings. The van der Waals surface area contributed by atoms with Crippen molar-refractivity contribution in [2.75, 3.05) is 12.4 Å². The van der Waals surface area contributed by atoms with Crippen molar-refractivity contribution in [3.63, 3.8) is 0 Å². The second kappa shape index (κ2) is 8.87. The summed E-state index contributed by atoms with van der Waals surface area (Å²) in [5.41, 5.74) is 1.78. The van der Waals surface area contributed by atoms with E-state index < -0.39 is 16.1 Å². The van der Waals surface area contributed by atoms with Crippen LogP contribution in [0.1, 0.15) is 18.9 Å². The number of thioether (sulfide) groups is 1. The van der Waals surface area contributed by atoms with Gasteiger partial charge in [0.2, 0.25) is 11.8 Å². The van der Waals surface area contributed by atoms with E-state index in [1.807, 2.05) is 31.2 Å². The lowest BCUT2D eigenvalue weighted by molar-refractivity contribution is -0.383. The van der Waals surface area contributed by atoms with Crippen LogP contribution in [0.2, 0.25) is 0 Å². The standard InChI is InChI=1S/C20H20N4O4S/c1-3-13-8-4-5-9-14(13)22-20-23(2)19(26)17(29-20)12-18(25)21-15-10-6-7-11-16(15)24(27)28/h4-11,17H,3,12H2,1-2H3,(H,21,25). The molecule has 0 bridgehead atoms. The lowest BCUT2D eigenvalue weighted by Gasteiger charge is -2.10. The number of aliphatic imine (C=N–C) groups is 1. The molecule has 1 unspecified atom stereocenters. The first kappa shape index (κ1) is 20.5. The van der Waals surface area contributed by atoms with E-state index in [4.69, 9.17) is 0 Å². The van der Waals surface area contributed by atoms with E-state index in [1.165, 1.54) is 34.9 Å². The monoisotopic (exact) mass is 412 g/mol. The summed E-state index contributed by atoms with van der Waals surface area (Å²) in [5, 5.41) is 13.5. The molecule has 1 heterocycles. The zero-order chi connectivity index (χ0) is 21.0. The third kappa shape index (κ3) is 4.62. The molecule has 1 fully saturated rings. The van der Waals surface area contributed by atoms with Gasteiger partial charge in [-0.25, -0.2) is 4.99 Å². The van der Waals surface area contributed by atoms with Gasteiger partial charge in [0.15, 0.2) is 5.17 Å². The van der Waals surface area contributed by atoms with Gasteiger partial charge in [-0.2, -0.15) is 0 Å². The van der Waals surface area contributed by atoms with Crippen molar-refractivity contribution in [2.45, 2.75) is 25.0 Å². The highest BCUT2D eigenvalue weighted by Crippen LogP contribution is 2.32. The number of rotatable bonds is 6. The zero-order valence-corrected chi connectivity index (χ0v) is 16.8. The fraction of sp³-hybridized carbons (Fsp3) is 0.250. The predicted octanol–water partition coefficient (Wildman–Crippen LogP) is 3.75. The van der Waals surface area contributed by atoms with E-state index in [2.05, 4.69) is 10.3 Å². The van der Waals surface area contributed by atoms with Crippen molar-refractivity contribution >= 4 is 45.8 Å². The summed E-state index contributed by atoms with van der Waals surface area (Å²) in [6, 6.07) is 13.6. The molecule has 150 valence electrons. The molecule has 3 rings (SSSR count). The van der Waals surface area contributed by atoms with Crippen molar-refractivity contribution in [1.82, 2.24) is 4.90 Å². The van der Waals surface area contributed by atoms with Gasteiger partial charge in [0.1, 0.15) is 10.9 Å². The minimum Gasteiger partial charge on any atom is -0.320 e. The van der Waals surface area contributed by atoms with Gasteiger partial charge in [-0.3, -0.25) is 24.6 Å². The van der Waals surface area contributed by atoms with Crippen molar-refractivity contribution < 1.29 is 14.5 Å². The number of amidine groups is 1. The smallest absolute Gasteiger partial charge is 0.292 e. The SMILES string of the molecule is CCc1ccccc1N=C1SC(CC(=O)Nc2ccccc2[N+](=O)[O-])C(=O)N1C. The molecule has 0 aliphatic carbocycles. The normalized spacial score (nSPS) is 17.6. The Balaban J connectivity index is 1.73. The van der Waals surface area contributed by atoms with Crippen molar-refractivity contribution in [2.24, 2.45) is 4.99 Å². The summed E-state index contributed by atoms with van der Waals surface area (Å²) in [5.74, 6) is -0.686. The first-order valence-corrected chi connectivity index (χ1v) is 9.92. The molecular formula is C20H20N4O4S. The maximum Gasteiger partial charge on any atom is 0.292 e. The highest BCUT2D eigenvalue weighted by Gasteiger charge is 2.37. The van der Waals surface area contributed by atoms with E-state index in [9.17, 15) is 19.7 Å². The molecule has 0 spiro atoms. The number of para-hydroxylation sites is 3. The molecule has 29 heavy (non-hydrogen) atoms. The Morgan fingerprint density at radius 3 is 2.66 bits per heavy atom. The Morgan fingerprint density at radius 2 is 1.93 bits per heavy atom. The zero-order valence-electron chi connectivity index (χ0n) is 16.0.